The van der Waals surface area contributed by atoms with Gasteiger partial charge < -0.3 is 10.1 Å². The molecule has 0 aliphatic heterocycles. The number of hydrogen-bond acceptors (Lipinski definition) is 4. The van der Waals surface area contributed by atoms with E-state index in [2.05, 4.69) is 36.1 Å². The van der Waals surface area contributed by atoms with E-state index in [1.165, 1.54) is 0 Å². The van der Waals surface area contributed by atoms with Gasteiger partial charge in [-0.1, -0.05) is 6.07 Å². The molecule has 2 aromatic rings. The van der Waals surface area contributed by atoms with Crippen LogP contribution in [0.2, 0.25) is 0 Å². The molecule has 1 N–H and O–H groups in total. The van der Waals surface area contributed by atoms with Gasteiger partial charge in [0.05, 0.1) is 18.5 Å². The topological polar surface area (TPSA) is 47.0 Å². The zero-order chi connectivity index (χ0) is 15.1. The molecule has 0 aliphatic rings. The normalized spacial score (nSPS) is 11.4. The Kier molecular flexibility index (Phi) is 5.28. The molecular formula is C17H23N3O. The first kappa shape index (κ1) is 15.4. The highest BCUT2D eigenvalue weighted by atomic mass is 16.5. The second kappa shape index (κ2) is 7.18. The van der Waals surface area contributed by atoms with E-state index in [1.807, 2.05) is 30.3 Å². The van der Waals surface area contributed by atoms with E-state index in [-0.39, 0.29) is 5.54 Å². The van der Waals surface area contributed by atoms with Crippen LogP contribution in [0.4, 0.5) is 0 Å². The fourth-order valence-electron chi connectivity index (χ4n) is 1.78. The molecule has 0 unspecified atom stereocenters. The lowest BCUT2D eigenvalue weighted by Gasteiger charge is -2.20. The highest BCUT2D eigenvalue weighted by Gasteiger charge is 2.08. The zero-order valence-electron chi connectivity index (χ0n) is 13.0. The molecule has 0 saturated heterocycles. The molecule has 0 spiro atoms. The van der Waals surface area contributed by atoms with E-state index in [0.29, 0.717) is 6.61 Å². The van der Waals surface area contributed by atoms with Gasteiger partial charge in [-0.25, -0.2) is 0 Å². The van der Waals surface area contributed by atoms with Gasteiger partial charge in [0.25, 0.3) is 0 Å². The maximum absolute atomic E-state index is 5.69. The Balaban J connectivity index is 1.77. The molecule has 4 heteroatoms. The van der Waals surface area contributed by atoms with Crippen molar-refractivity contribution in [2.45, 2.75) is 39.3 Å². The predicted octanol–water partition coefficient (Wildman–Crippen LogP) is 2.99. The first-order chi connectivity index (χ1) is 10.0. The molecule has 0 bridgehead atoms. The third-order valence-electron chi connectivity index (χ3n) is 2.95. The Morgan fingerprint density at radius 2 is 1.90 bits per heavy atom. The van der Waals surface area contributed by atoms with Crippen molar-refractivity contribution in [2.75, 3.05) is 6.61 Å². The Morgan fingerprint density at radius 1 is 1.05 bits per heavy atom. The van der Waals surface area contributed by atoms with Crippen LogP contribution in [0.15, 0.2) is 42.7 Å². The number of aromatic nitrogens is 2. The van der Waals surface area contributed by atoms with Crippen molar-refractivity contribution >= 4 is 0 Å². The summed E-state index contributed by atoms with van der Waals surface area (Å²) in [5.74, 6) is 0.797. The second-order valence-corrected chi connectivity index (χ2v) is 6.01. The lowest BCUT2D eigenvalue weighted by Crippen LogP contribution is -2.35. The SMILES string of the molecule is CC(C)(C)NCc1ccc(OCCc2ccccn2)cn1. The van der Waals surface area contributed by atoms with Crippen molar-refractivity contribution in [3.8, 4) is 5.75 Å². The van der Waals surface area contributed by atoms with Crippen molar-refractivity contribution in [2.24, 2.45) is 0 Å². The van der Waals surface area contributed by atoms with Crippen molar-refractivity contribution in [1.82, 2.24) is 15.3 Å². The number of rotatable bonds is 6. The molecule has 4 nitrogen and oxygen atoms in total. The highest BCUT2D eigenvalue weighted by molar-refractivity contribution is 5.20. The van der Waals surface area contributed by atoms with Gasteiger partial charge in [0.15, 0.2) is 0 Å². The summed E-state index contributed by atoms with van der Waals surface area (Å²) in [5, 5.41) is 3.41. The first-order valence-electron chi connectivity index (χ1n) is 7.26. The van der Waals surface area contributed by atoms with Crippen molar-refractivity contribution in [3.05, 3.63) is 54.1 Å². The number of hydrogen-bond donors (Lipinski definition) is 1. The van der Waals surface area contributed by atoms with Crippen LogP contribution in [0.25, 0.3) is 0 Å². The Labute approximate surface area is 126 Å². The molecule has 0 aromatic carbocycles. The number of nitrogens with zero attached hydrogens (tertiary/aromatic N) is 2. The molecule has 0 amide bonds. The number of ether oxygens (including phenoxy) is 1. The summed E-state index contributed by atoms with van der Waals surface area (Å²) in [6, 6.07) is 9.86. The Hall–Kier alpha value is -1.94. The van der Waals surface area contributed by atoms with E-state index in [1.54, 1.807) is 12.4 Å². The maximum Gasteiger partial charge on any atom is 0.137 e. The van der Waals surface area contributed by atoms with Gasteiger partial charge in [-0.15, -0.1) is 0 Å². The molecular weight excluding hydrogens is 262 g/mol. The lowest BCUT2D eigenvalue weighted by molar-refractivity contribution is 0.319. The average molecular weight is 285 g/mol. The molecule has 0 atom stereocenters. The van der Waals surface area contributed by atoms with Crippen molar-refractivity contribution in [3.63, 3.8) is 0 Å². The van der Waals surface area contributed by atoms with E-state index < -0.39 is 0 Å². The monoisotopic (exact) mass is 285 g/mol. The summed E-state index contributed by atoms with van der Waals surface area (Å²) < 4.78 is 5.69. The van der Waals surface area contributed by atoms with E-state index >= 15 is 0 Å². The summed E-state index contributed by atoms with van der Waals surface area (Å²) >= 11 is 0. The molecule has 0 saturated carbocycles. The summed E-state index contributed by atoms with van der Waals surface area (Å²) in [6.07, 6.45) is 4.38. The van der Waals surface area contributed by atoms with Gasteiger partial charge in [0.1, 0.15) is 5.75 Å². The Morgan fingerprint density at radius 3 is 2.52 bits per heavy atom. The van der Waals surface area contributed by atoms with Gasteiger partial charge in [0, 0.05) is 30.4 Å². The largest absolute Gasteiger partial charge is 0.492 e. The van der Waals surface area contributed by atoms with Crippen LogP contribution in [0, 0.1) is 0 Å². The smallest absolute Gasteiger partial charge is 0.137 e. The van der Waals surface area contributed by atoms with Gasteiger partial charge in [-0.05, 0) is 45.0 Å². The molecule has 0 aliphatic carbocycles. The second-order valence-electron chi connectivity index (χ2n) is 6.01. The molecule has 2 aromatic heterocycles. The van der Waals surface area contributed by atoms with Gasteiger partial charge in [-0.3, -0.25) is 9.97 Å². The average Bonchev–Trinajstić information content (AvgIpc) is 2.47. The zero-order valence-corrected chi connectivity index (χ0v) is 13.0. The van der Waals surface area contributed by atoms with E-state index in [9.17, 15) is 0 Å². The fraction of sp³-hybridized carbons (Fsp3) is 0.412. The third kappa shape index (κ3) is 5.92. The lowest BCUT2D eigenvalue weighted by atomic mass is 10.1. The quantitative estimate of drug-likeness (QED) is 0.886. The molecule has 0 fully saturated rings. The summed E-state index contributed by atoms with van der Waals surface area (Å²) in [6.45, 7) is 7.79. The third-order valence-corrected chi connectivity index (χ3v) is 2.95. The number of nitrogens with one attached hydrogen (secondary N) is 1. The summed E-state index contributed by atoms with van der Waals surface area (Å²) in [4.78, 5) is 8.67. The molecule has 21 heavy (non-hydrogen) atoms. The van der Waals surface area contributed by atoms with Crippen LogP contribution in [-0.4, -0.2) is 22.1 Å². The molecule has 112 valence electrons. The van der Waals surface area contributed by atoms with Crippen molar-refractivity contribution in [1.29, 1.82) is 0 Å². The van der Waals surface area contributed by atoms with Crippen LogP contribution in [0.5, 0.6) is 5.75 Å². The molecule has 2 heterocycles. The van der Waals surface area contributed by atoms with Gasteiger partial charge in [0.2, 0.25) is 0 Å². The van der Waals surface area contributed by atoms with Crippen LogP contribution in [-0.2, 0) is 13.0 Å². The fourth-order valence-corrected chi connectivity index (χ4v) is 1.78. The summed E-state index contributed by atoms with van der Waals surface area (Å²) in [7, 11) is 0. The van der Waals surface area contributed by atoms with E-state index in [0.717, 1.165) is 30.1 Å². The predicted molar refractivity (Wildman–Crippen MR) is 84.3 cm³/mol. The molecule has 2 rings (SSSR count). The van der Waals surface area contributed by atoms with Crippen LogP contribution in [0.1, 0.15) is 32.2 Å². The van der Waals surface area contributed by atoms with Gasteiger partial charge in [-0.2, -0.15) is 0 Å². The van der Waals surface area contributed by atoms with Crippen LogP contribution in [0.3, 0.4) is 0 Å². The maximum atomic E-state index is 5.69. The molecule has 0 radical (unpaired) electrons. The van der Waals surface area contributed by atoms with Crippen LogP contribution >= 0.6 is 0 Å². The number of pyridine rings is 2. The minimum absolute atomic E-state index is 0.0968. The summed E-state index contributed by atoms with van der Waals surface area (Å²) in [5.41, 5.74) is 2.15. The first-order valence-corrected chi connectivity index (χ1v) is 7.26. The van der Waals surface area contributed by atoms with Gasteiger partial charge >= 0.3 is 0 Å². The highest BCUT2D eigenvalue weighted by Crippen LogP contribution is 2.10. The van der Waals surface area contributed by atoms with Crippen molar-refractivity contribution < 1.29 is 4.74 Å². The standard InChI is InChI=1S/C17H23N3O/c1-17(2,3)20-12-15-7-8-16(13-19-15)21-11-9-14-6-4-5-10-18-14/h4-8,10,13,20H,9,11-12H2,1-3H3. The van der Waals surface area contributed by atoms with Crippen LogP contribution < -0.4 is 10.1 Å². The Bertz CT molecular complexity index is 532. The minimum Gasteiger partial charge on any atom is -0.492 e. The van der Waals surface area contributed by atoms with E-state index in [4.69, 9.17) is 4.74 Å². The minimum atomic E-state index is 0.0968.